The van der Waals surface area contributed by atoms with Crippen LogP contribution in [0.15, 0.2) is 48.7 Å². The standard InChI is InChI=1S/C20H24F3N3O.C4F6O2/c1-14(2)18(26-17-8-6-15(7-9-17)20(21,22)23)13-19(27)25-12-10-16-5-3-4-11-24-16;5-3(6,7)1(11)2(12)4(8,9)10/h3-9,11,14,18,26H,10,12-13H2,1-2H3,(H,25,27);/t18-;/m0./s1. The number of Topliss-reactive ketones (excluding diaryl/α,β-unsaturated/α-hetero) is 2. The van der Waals surface area contributed by atoms with Gasteiger partial charge in [0.05, 0.1) is 5.56 Å². The normalized spacial score (nSPS) is 12.7. The average Bonchev–Trinajstić information content (AvgIpc) is 2.82. The highest BCUT2D eigenvalue weighted by molar-refractivity contribution is 6.41. The molecule has 0 unspecified atom stereocenters. The number of rotatable bonds is 9. The van der Waals surface area contributed by atoms with Gasteiger partial charge in [0.1, 0.15) is 0 Å². The third-order valence-electron chi connectivity index (χ3n) is 4.92. The Morgan fingerprint density at radius 3 is 1.77 bits per heavy atom. The number of nitrogens with one attached hydrogen (secondary N) is 2. The van der Waals surface area contributed by atoms with Crippen LogP contribution in [-0.2, 0) is 27.0 Å². The number of anilines is 1. The Bertz CT molecular complexity index is 1060. The minimum atomic E-state index is -5.77. The number of alkyl halides is 9. The van der Waals surface area contributed by atoms with Crippen LogP contribution in [0.5, 0.6) is 0 Å². The number of ketones is 2. The molecule has 1 heterocycles. The number of carbonyl (C=O) groups is 3. The topological polar surface area (TPSA) is 88.2 Å². The summed E-state index contributed by atoms with van der Waals surface area (Å²) < 4.78 is 105. The van der Waals surface area contributed by atoms with Gasteiger partial charge < -0.3 is 10.6 Å². The van der Waals surface area contributed by atoms with Crippen molar-refractivity contribution in [2.24, 2.45) is 5.92 Å². The first-order valence-electron chi connectivity index (χ1n) is 11.2. The Labute approximate surface area is 217 Å². The van der Waals surface area contributed by atoms with Crippen molar-refractivity contribution in [2.45, 2.75) is 51.3 Å². The smallest absolute Gasteiger partial charge is 0.382 e. The Kier molecular flexibility index (Phi) is 11.9. The lowest BCUT2D eigenvalue weighted by molar-refractivity contribution is -0.193. The first kappa shape index (κ1) is 33.4. The van der Waals surface area contributed by atoms with Gasteiger partial charge in [-0.3, -0.25) is 19.4 Å². The molecule has 0 radical (unpaired) electrons. The second-order valence-electron chi connectivity index (χ2n) is 8.35. The predicted molar refractivity (Wildman–Crippen MR) is 121 cm³/mol. The molecule has 1 amide bonds. The monoisotopic (exact) mass is 573 g/mol. The minimum absolute atomic E-state index is 0.107. The quantitative estimate of drug-likeness (QED) is 0.304. The lowest BCUT2D eigenvalue weighted by Crippen LogP contribution is -2.39. The van der Waals surface area contributed by atoms with Gasteiger partial charge in [0.15, 0.2) is 0 Å². The van der Waals surface area contributed by atoms with Gasteiger partial charge in [0.2, 0.25) is 5.91 Å². The SMILES string of the molecule is CC(C)[C@H](CC(=O)NCCc1ccccn1)Nc1ccc(C(F)(F)F)cc1.O=C(C(=O)C(F)(F)F)C(F)(F)F. The van der Waals surface area contributed by atoms with E-state index >= 15 is 0 Å². The molecule has 0 saturated carbocycles. The van der Waals surface area contributed by atoms with E-state index in [9.17, 15) is 53.9 Å². The summed E-state index contributed by atoms with van der Waals surface area (Å²) in [5.41, 5.74) is 0.769. The summed E-state index contributed by atoms with van der Waals surface area (Å²) >= 11 is 0. The van der Waals surface area contributed by atoms with E-state index in [1.807, 2.05) is 32.0 Å². The number of pyridine rings is 1. The van der Waals surface area contributed by atoms with Crippen LogP contribution < -0.4 is 10.6 Å². The number of halogens is 9. The number of hydrogen-bond donors (Lipinski definition) is 2. The number of nitrogens with zero attached hydrogens (tertiary/aromatic N) is 1. The van der Waals surface area contributed by atoms with E-state index in [-0.39, 0.29) is 24.3 Å². The van der Waals surface area contributed by atoms with Crippen LogP contribution in [0.2, 0.25) is 0 Å². The van der Waals surface area contributed by atoms with Gasteiger partial charge in [-0.2, -0.15) is 39.5 Å². The molecule has 2 rings (SSSR count). The van der Waals surface area contributed by atoms with Crippen molar-refractivity contribution < 1.29 is 53.9 Å². The second-order valence-corrected chi connectivity index (χ2v) is 8.35. The number of carbonyl (C=O) groups excluding carboxylic acids is 3. The summed E-state index contributed by atoms with van der Waals surface area (Å²) in [5.74, 6) is -6.79. The van der Waals surface area contributed by atoms with Crippen LogP contribution in [-0.4, -0.2) is 47.4 Å². The predicted octanol–water partition coefficient (Wildman–Crippen LogP) is 5.54. The van der Waals surface area contributed by atoms with Crippen molar-refractivity contribution in [1.29, 1.82) is 0 Å². The molecule has 0 aliphatic carbocycles. The van der Waals surface area contributed by atoms with E-state index in [0.717, 1.165) is 17.8 Å². The molecule has 2 N–H and O–H groups in total. The first-order chi connectivity index (χ1) is 17.8. The van der Waals surface area contributed by atoms with Crippen molar-refractivity contribution in [3.63, 3.8) is 0 Å². The number of benzene rings is 1. The number of hydrogen-bond acceptors (Lipinski definition) is 5. The molecule has 0 saturated heterocycles. The van der Waals surface area contributed by atoms with E-state index in [4.69, 9.17) is 0 Å². The zero-order valence-corrected chi connectivity index (χ0v) is 20.5. The number of amides is 1. The molecule has 0 bridgehead atoms. The lowest BCUT2D eigenvalue weighted by atomic mass is 10.00. The van der Waals surface area contributed by atoms with E-state index in [0.29, 0.717) is 18.7 Å². The molecule has 6 nitrogen and oxygen atoms in total. The third kappa shape index (κ3) is 12.2. The molecule has 0 aliphatic rings. The third-order valence-corrected chi connectivity index (χ3v) is 4.92. The Hall–Kier alpha value is -3.65. The molecular formula is C24H24F9N3O3. The van der Waals surface area contributed by atoms with Gasteiger partial charge in [0.25, 0.3) is 0 Å². The molecule has 1 atom stereocenters. The molecule has 0 aliphatic heterocycles. The molecule has 39 heavy (non-hydrogen) atoms. The molecule has 216 valence electrons. The molecule has 0 spiro atoms. The van der Waals surface area contributed by atoms with E-state index in [1.165, 1.54) is 12.1 Å². The van der Waals surface area contributed by atoms with Gasteiger partial charge in [-0.05, 0) is 42.3 Å². The van der Waals surface area contributed by atoms with Gasteiger partial charge in [-0.1, -0.05) is 19.9 Å². The maximum atomic E-state index is 12.6. The van der Waals surface area contributed by atoms with Crippen LogP contribution in [0.25, 0.3) is 0 Å². The van der Waals surface area contributed by atoms with E-state index in [2.05, 4.69) is 15.6 Å². The summed E-state index contributed by atoms with van der Waals surface area (Å²) in [4.78, 5) is 35.6. The fraction of sp³-hybridized carbons (Fsp3) is 0.417. The van der Waals surface area contributed by atoms with Gasteiger partial charge in [-0.25, -0.2) is 0 Å². The van der Waals surface area contributed by atoms with Crippen molar-refractivity contribution in [3.8, 4) is 0 Å². The second kappa shape index (κ2) is 13.9. The lowest BCUT2D eigenvalue weighted by Gasteiger charge is -2.23. The molecular weight excluding hydrogens is 549 g/mol. The van der Waals surface area contributed by atoms with Crippen LogP contribution in [0.1, 0.15) is 31.5 Å². The molecule has 0 fully saturated rings. The summed E-state index contributed by atoms with van der Waals surface area (Å²) in [6.45, 7) is 4.41. The van der Waals surface area contributed by atoms with Crippen LogP contribution >= 0.6 is 0 Å². The highest BCUT2D eigenvalue weighted by Gasteiger charge is 2.54. The first-order valence-corrected chi connectivity index (χ1v) is 11.2. The molecule has 15 heteroatoms. The average molecular weight is 573 g/mol. The van der Waals surface area contributed by atoms with Gasteiger partial charge >= 0.3 is 30.1 Å². The van der Waals surface area contributed by atoms with Crippen molar-refractivity contribution in [3.05, 3.63) is 59.9 Å². The zero-order chi connectivity index (χ0) is 30.0. The maximum absolute atomic E-state index is 12.6. The van der Waals surface area contributed by atoms with E-state index < -0.39 is 35.7 Å². The minimum Gasteiger partial charge on any atom is -0.382 e. The van der Waals surface area contributed by atoms with Gasteiger partial charge in [-0.15, -0.1) is 0 Å². The maximum Gasteiger partial charge on any atom is 0.458 e. The number of aromatic nitrogens is 1. The van der Waals surface area contributed by atoms with Crippen LogP contribution in [0.4, 0.5) is 45.2 Å². The van der Waals surface area contributed by atoms with Crippen molar-refractivity contribution in [1.82, 2.24) is 10.3 Å². The largest absolute Gasteiger partial charge is 0.458 e. The fourth-order valence-corrected chi connectivity index (χ4v) is 2.83. The molecule has 2 aromatic rings. The molecule has 1 aromatic heterocycles. The zero-order valence-electron chi connectivity index (χ0n) is 20.5. The molecule has 1 aromatic carbocycles. The Morgan fingerprint density at radius 1 is 0.821 bits per heavy atom. The van der Waals surface area contributed by atoms with Gasteiger partial charge in [0, 0.05) is 43.0 Å². The summed E-state index contributed by atoms with van der Waals surface area (Å²) in [6.07, 6.45) is -13.3. The Balaban J connectivity index is 0.000000534. The fourth-order valence-electron chi connectivity index (χ4n) is 2.83. The highest BCUT2D eigenvalue weighted by Crippen LogP contribution is 2.30. The summed E-state index contributed by atoms with van der Waals surface area (Å²) in [5, 5.41) is 6.02. The van der Waals surface area contributed by atoms with Crippen molar-refractivity contribution >= 4 is 23.2 Å². The van der Waals surface area contributed by atoms with Crippen molar-refractivity contribution in [2.75, 3.05) is 11.9 Å². The van der Waals surface area contributed by atoms with E-state index in [1.54, 1.807) is 6.20 Å². The summed E-state index contributed by atoms with van der Waals surface area (Å²) in [6, 6.07) is 10.3. The summed E-state index contributed by atoms with van der Waals surface area (Å²) in [7, 11) is 0. The van der Waals surface area contributed by atoms with Crippen LogP contribution in [0, 0.1) is 5.92 Å². The Morgan fingerprint density at radius 2 is 1.36 bits per heavy atom. The highest BCUT2D eigenvalue weighted by atomic mass is 19.4. The van der Waals surface area contributed by atoms with Crippen LogP contribution in [0.3, 0.4) is 0 Å².